The third kappa shape index (κ3) is 54.5. The molecule has 0 heterocycles. The van der Waals surface area contributed by atoms with E-state index in [-0.39, 0.29) is 18.9 Å². The van der Waals surface area contributed by atoms with Gasteiger partial charge in [0, 0.05) is 6.42 Å². The summed E-state index contributed by atoms with van der Waals surface area (Å²) in [6.07, 6.45) is 69.9. The van der Waals surface area contributed by atoms with E-state index in [0.717, 1.165) is 64.2 Å². The maximum absolute atomic E-state index is 13.0. The third-order valence-electron chi connectivity index (χ3n) is 13.5. The average Bonchev–Trinajstić information content (AvgIpc) is 3.35. The van der Waals surface area contributed by atoms with Gasteiger partial charge in [-0.15, -0.1) is 0 Å². The largest absolute Gasteiger partial charge is 0.756 e. The molecule has 0 aromatic rings. The quantitative estimate of drug-likeness (QED) is 0.0240. The molecule has 0 aliphatic carbocycles. The molecule has 0 aliphatic heterocycles. The van der Waals surface area contributed by atoms with Crippen LogP contribution in [0.2, 0.25) is 0 Å². The summed E-state index contributed by atoms with van der Waals surface area (Å²) < 4.78 is 23.2. The first-order valence-electron chi connectivity index (χ1n) is 30.4. The molecule has 3 N–H and O–H groups in total. The Morgan fingerprint density at radius 1 is 0.507 bits per heavy atom. The van der Waals surface area contributed by atoms with Crippen LogP contribution < -0.4 is 10.2 Å². The highest BCUT2D eigenvalue weighted by Crippen LogP contribution is 2.38. The molecule has 4 atom stereocenters. The Morgan fingerprint density at radius 2 is 0.863 bits per heavy atom. The molecule has 9 nitrogen and oxygen atoms in total. The number of likely N-dealkylation sites (N-methyl/N-ethyl adjacent to an activating group) is 1. The van der Waals surface area contributed by atoms with Crippen LogP contribution >= 0.6 is 7.82 Å². The maximum atomic E-state index is 13.0. The van der Waals surface area contributed by atoms with Gasteiger partial charge in [0.15, 0.2) is 0 Å². The minimum absolute atomic E-state index is 0.0464. The number of phosphoric acid groups is 1. The summed E-state index contributed by atoms with van der Waals surface area (Å²) in [6.45, 7) is 4.31. The van der Waals surface area contributed by atoms with E-state index < -0.39 is 32.7 Å². The summed E-state index contributed by atoms with van der Waals surface area (Å²) in [7, 11) is 1.11. The molecule has 0 spiro atoms. The SMILES string of the molecule is CC/C=C\C/C=C\C/C=C\C/C=C\C/C=C\CCCCCCCCCCCCCCCCCCCCCCCC(=O)NC(COP(=O)([O-])OCC[N+](C)(C)C)C(O)C(O)CCC/C=C/CCCCCCCCC. The normalized spacial score (nSPS) is 14.8. The monoisotopic (exact) mass is 1040 g/mol. The number of quaternary nitrogens is 1. The first kappa shape index (κ1) is 70.9. The van der Waals surface area contributed by atoms with Crippen molar-refractivity contribution in [2.45, 2.75) is 283 Å². The van der Waals surface area contributed by atoms with E-state index in [1.54, 1.807) is 0 Å². The predicted molar refractivity (Wildman–Crippen MR) is 313 cm³/mol. The van der Waals surface area contributed by atoms with Gasteiger partial charge in [-0.2, -0.15) is 0 Å². The highest BCUT2D eigenvalue weighted by atomic mass is 31.2. The van der Waals surface area contributed by atoms with Crippen LogP contribution in [0.3, 0.4) is 0 Å². The van der Waals surface area contributed by atoms with Gasteiger partial charge in [-0.05, 0) is 83.5 Å². The maximum Gasteiger partial charge on any atom is 0.268 e. The third-order valence-corrected chi connectivity index (χ3v) is 14.5. The van der Waals surface area contributed by atoms with E-state index in [0.29, 0.717) is 30.3 Å². The Bertz CT molecular complexity index is 1440. The number of carbonyl (C=O) groups excluding carboxylic acids is 1. The van der Waals surface area contributed by atoms with Crippen LogP contribution in [0.5, 0.6) is 0 Å². The van der Waals surface area contributed by atoms with Crippen molar-refractivity contribution in [2.24, 2.45) is 0 Å². The molecule has 0 aliphatic rings. The lowest BCUT2D eigenvalue weighted by molar-refractivity contribution is -0.870. The molecule has 0 saturated carbocycles. The Balaban J connectivity index is 4.01. The van der Waals surface area contributed by atoms with Crippen LogP contribution in [0, 0.1) is 0 Å². The van der Waals surface area contributed by atoms with Crippen LogP contribution in [0.15, 0.2) is 72.9 Å². The summed E-state index contributed by atoms with van der Waals surface area (Å²) in [4.78, 5) is 25.5. The first-order chi connectivity index (χ1) is 35.4. The number of allylic oxidation sites excluding steroid dienone is 12. The lowest BCUT2D eigenvalue weighted by Gasteiger charge is -2.31. The van der Waals surface area contributed by atoms with E-state index >= 15 is 0 Å². The number of aliphatic hydroxyl groups excluding tert-OH is 2. The predicted octanol–water partition coefficient (Wildman–Crippen LogP) is 17.0. The van der Waals surface area contributed by atoms with E-state index in [1.165, 1.54) is 161 Å². The van der Waals surface area contributed by atoms with E-state index in [2.05, 4.69) is 92.1 Å². The number of nitrogens with one attached hydrogen (secondary N) is 1. The smallest absolute Gasteiger partial charge is 0.268 e. The number of hydrogen-bond donors (Lipinski definition) is 3. The average molecular weight is 1050 g/mol. The van der Waals surface area contributed by atoms with Gasteiger partial charge in [0.2, 0.25) is 5.91 Å². The Labute approximate surface area is 451 Å². The summed E-state index contributed by atoms with van der Waals surface area (Å²) in [6, 6.07) is -1.09. The van der Waals surface area contributed by atoms with Crippen molar-refractivity contribution >= 4 is 13.7 Å². The van der Waals surface area contributed by atoms with Crippen LogP contribution in [-0.2, 0) is 18.4 Å². The van der Waals surface area contributed by atoms with Crippen molar-refractivity contribution in [1.29, 1.82) is 0 Å². The van der Waals surface area contributed by atoms with E-state index in [4.69, 9.17) is 9.05 Å². The number of phosphoric ester groups is 1. The van der Waals surface area contributed by atoms with Gasteiger partial charge in [-0.1, -0.05) is 247 Å². The van der Waals surface area contributed by atoms with Crippen LogP contribution in [0.4, 0.5) is 0 Å². The second-order valence-electron chi connectivity index (χ2n) is 21.8. The number of unbranched alkanes of at least 4 members (excludes halogenated alkanes) is 29. The second-order valence-corrected chi connectivity index (χ2v) is 23.2. The molecule has 0 saturated heterocycles. The van der Waals surface area contributed by atoms with Gasteiger partial charge in [0.1, 0.15) is 19.3 Å². The van der Waals surface area contributed by atoms with E-state index in [1.807, 2.05) is 21.1 Å². The van der Waals surface area contributed by atoms with Crippen molar-refractivity contribution in [3.63, 3.8) is 0 Å². The topological polar surface area (TPSA) is 128 Å². The standard InChI is InChI=1S/C63H117N2O7P/c1-6-8-10-12-14-16-18-20-21-22-23-24-25-26-27-28-29-30-31-32-33-34-35-36-37-38-39-40-41-42-43-44-46-48-50-52-54-56-62(67)64-60(59-72-73(69,70)71-58-57-65(3,4)5)63(68)61(66)55-53-51-49-47-45-19-17-15-13-11-9-7-2/h8,10,14,16,20-21,23-24,26-27,47,49,60-61,63,66,68H,6-7,9,11-13,15,17-19,22,25,28-46,48,50-59H2,1-5H3,(H-,64,67,69,70)/b10-8-,16-14-,21-20-,24-23-,27-26-,49-47+. The van der Waals surface area contributed by atoms with Crippen LogP contribution in [0.1, 0.15) is 264 Å². The van der Waals surface area contributed by atoms with Gasteiger partial charge in [-0.25, -0.2) is 0 Å². The van der Waals surface area contributed by atoms with Crippen molar-refractivity contribution < 1.29 is 38.0 Å². The number of amides is 1. The molecule has 10 heteroatoms. The molecule has 0 aromatic carbocycles. The molecule has 4 unspecified atom stereocenters. The lowest BCUT2D eigenvalue weighted by atomic mass is 10.0. The number of aliphatic hydroxyl groups is 2. The highest BCUT2D eigenvalue weighted by molar-refractivity contribution is 7.45. The fraction of sp³-hybridized carbons (Fsp3) is 0.794. The zero-order valence-corrected chi connectivity index (χ0v) is 49.1. The number of carbonyl (C=O) groups is 1. The lowest BCUT2D eigenvalue weighted by Crippen LogP contribution is -2.51. The van der Waals surface area contributed by atoms with Crippen molar-refractivity contribution in [3.05, 3.63) is 72.9 Å². The molecular weight excluding hydrogens is 928 g/mol. The fourth-order valence-electron chi connectivity index (χ4n) is 8.75. The zero-order valence-electron chi connectivity index (χ0n) is 48.2. The molecule has 1 amide bonds. The van der Waals surface area contributed by atoms with Gasteiger partial charge in [-0.3, -0.25) is 9.36 Å². The minimum Gasteiger partial charge on any atom is -0.756 e. The Kier molecular flexibility index (Phi) is 51.8. The Hall–Kier alpha value is -2.10. The number of hydrogen-bond acceptors (Lipinski definition) is 7. The van der Waals surface area contributed by atoms with Crippen LogP contribution in [-0.4, -0.2) is 79.8 Å². The van der Waals surface area contributed by atoms with Crippen molar-refractivity contribution in [1.82, 2.24) is 5.32 Å². The molecule has 0 rings (SSSR count). The van der Waals surface area contributed by atoms with Gasteiger partial charge < -0.3 is 34.0 Å². The zero-order chi connectivity index (χ0) is 53.6. The molecule has 73 heavy (non-hydrogen) atoms. The van der Waals surface area contributed by atoms with E-state index in [9.17, 15) is 24.5 Å². The summed E-state index contributed by atoms with van der Waals surface area (Å²) in [5, 5.41) is 24.7. The molecule has 426 valence electrons. The fourth-order valence-corrected chi connectivity index (χ4v) is 9.48. The Morgan fingerprint density at radius 3 is 1.27 bits per heavy atom. The number of rotatable bonds is 55. The van der Waals surface area contributed by atoms with Gasteiger partial charge >= 0.3 is 0 Å². The van der Waals surface area contributed by atoms with Gasteiger partial charge in [0.05, 0.1) is 39.9 Å². The first-order valence-corrected chi connectivity index (χ1v) is 31.8. The highest BCUT2D eigenvalue weighted by Gasteiger charge is 2.29. The molecule has 0 bridgehead atoms. The van der Waals surface area contributed by atoms with Crippen molar-refractivity contribution in [3.8, 4) is 0 Å². The molecule has 0 radical (unpaired) electrons. The summed E-state index contributed by atoms with van der Waals surface area (Å²) in [5.74, 6) is -0.287. The second kappa shape index (κ2) is 53.3. The molecule has 0 fully saturated rings. The van der Waals surface area contributed by atoms with Crippen molar-refractivity contribution in [2.75, 3.05) is 40.9 Å². The van der Waals surface area contributed by atoms with Crippen LogP contribution in [0.25, 0.3) is 0 Å². The molecular formula is C63H117N2O7P. The minimum atomic E-state index is -4.68. The molecule has 0 aromatic heterocycles. The summed E-state index contributed by atoms with van der Waals surface area (Å²) in [5.41, 5.74) is 0. The van der Waals surface area contributed by atoms with Gasteiger partial charge in [0.25, 0.3) is 7.82 Å². The summed E-state index contributed by atoms with van der Waals surface area (Å²) >= 11 is 0. The number of nitrogens with zero attached hydrogens (tertiary/aromatic N) is 1.